The molecule has 2 atom stereocenters. The van der Waals surface area contributed by atoms with Crippen LogP contribution in [0.1, 0.15) is 41.9 Å². The SMILES string of the molecule is C=CC1CC(C=C)c2c(OC)ccc(CC)c21. The van der Waals surface area contributed by atoms with Crippen LogP contribution >= 0.6 is 0 Å². The van der Waals surface area contributed by atoms with Crippen molar-refractivity contribution in [2.24, 2.45) is 0 Å². The number of ether oxygens (including phenoxy) is 1. The molecule has 0 fully saturated rings. The molecule has 0 bridgehead atoms. The number of aryl methyl sites for hydroxylation is 1. The van der Waals surface area contributed by atoms with Gasteiger partial charge < -0.3 is 4.74 Å². The molecule has 0 N–H and O–H groups in total. The number of hydrogen-bond acceptors (Lipinski definition) is 1. The molecule has 0 radical (unpaired) electrons. The number of rotatable bonds is 4. The Bertz CT molecular complexity index is 404. The molecule has 1 aliphatic rings. The van der Waals surface area contributed by atoms with Gasteiger partial charge in [-0.2, -0.15) is 0 Å². The van der Waals surface area contributed by atoms with Crippen LogP contribution in [0, 0.1) is 0 Å². The van der Waals surface area contributed by atoms with Crippen molar-refractivity contribution in [1.82, 2.24) is 0 Å². The first-order valence-electron chi connectivity index (χ1n) is 6.21. The Labute approximate surface area is 104 Å². The summed E-state index contributed by atoms with van der Waals surface area (Å²) >= 11 is 0. The van der Waals surface area contributed by atoms with Crippen molar-refractivity contribution in [2.75, 3.05) is 7.11 Å². The molecule has 1 nitrogen and oxygen atoms in total. The van der Waals surface area contributed by atoms with E-state index in [0.717, 1.165) is 18.6 Å². The quantitative estimate of drug-likeness (QED) is 0.702. The first-order valence-corrected chi connectivity index (χ1v) is 6.21. The van der Waals surface area contributed by atoms with Crippen LogP contribution in [-0.2, 0) is 6.42 Å². The van der Waals surface area contributed by atoms with Gasteiger partial charge in [0.1, 0.15) is 5.75 Å². The third kappa shape index (κ3) is 1.80. The van der Waals surface area contributed by atoms with Gasteiger partial charge >= 0.3 is 0 Å². The molecule has 1 aromatic carbocycles. The maximum absolute atomic E-state index is 5.50. The predicted molar refractivity (Wildman–Crippen MR) is 72.9 cm³/mol. The average molecular weight is 228 g/mol. The number of methoxy groups -OCH3 is 1. The lowest BCUT2D eigenvalue weighted by Gasteiger charge is -2.15. The van der Waals surface area contributed by atoms with Crippen molar-refractivity contribution in [1.29, 1.82) is 0 Å². The molecule has 90 valence electrons. The zero-order valence-corrected chi connectivity index (χ0v) is 10.7. The second-order valence-corrected chi connectivity index (χ2v) is 4.53. The van der Waals surface area contributed by atoms with Crippen LogP contribution < -0.4 is 4.74 Å². The minimum absolute atomic E-state index is 0.398. The van der Waals surface area contributed by atoms with Crippen molar-refractivity contribution in [2.45, 2.75) is 31.6 Å². The summed E-state index contributed by atoms with van der Waals surface area (Å²) in [6.07, 6.45) is 6.22. The van der Waals surface area contributed by atoms with Crippen LogP contribution in [0.25, 0.3) is 0 Å². The van der Waals surface area contributed by atoms with E-state index in [1.165, 1.54) is 16.7 Å². The summed E-state index contributed by atoms with van der Waals surface area (Å²) in [5.41, 5.74) is 4.16. The summed E-state index contributed by atoms with van der Waals surface area (Å²) in [6.45, 7) is 10.1. The lowest BCUT2D eigenvalue weighted by molar-refractivity contribution is 0.408. The Kier molecular flexibility index (Phi) is 3.37. The van der Waals surface area contributed by atoms with E-state index in [-0.39, 0.29) is 0 Å². The predicted octanol–water partition coefficient (Wildman–Crippen LogP) is 4.20. The number of fused-ring (bicyclic) bond motifs is 1. The van der Waals surface area contributed by atoms with E-state index in [9.17, 15) is 0 Å². The van der Waals surface area contributed by atoms with E-state index in [2.05, 4.69) is 38.3 Å². The molecule has 0 saturated carbocycles. The van der Waals surface area contributed by atoms with Gasteiger partial charge in [-0.3, -0.25) is 0 Å². The van der Waals surface area contributed by atoms with Gasteiger partial charge in [-0.15, -0.1) is 13.2 Å². The summed E-state index contributed by atoms with van der Waals surface area (Å²) in [5, 5.41) is 0. The lowest BCUT2D eigenvalue weighted by Crippen LogP contribution is -1.99. The highest BCUT2D eigenvalue weighted by Crippen LogP contribution is 2.48. The summed E-state index contributed by atoms with van der Waals surface area (Å²) < 4.78 is 5.50. The van der Waals surface area contributed by atoms with Crippen LogP contribution in [0.3, 0.4) is 0 Å². The second-order valence-electron chi connectivity index (χ2n) is 4.53. The fourth-order valence-electron chi connectivity index (χ4n) is 2.91. The van der Waals surface area contributed by atoms with Crippen molar-refractivity contribution in [3.8, 4) is 5.75 Å². The van der Waals surface area contributed by atoms with Gasteiger partial charge in [-0.1, -0.05) is 25.1 Å². The minimum atomic E-state index is 0.398. The highest BCUT2D eigenvalue weighted by atomic mass is 16.5. The fraction of sp³-hybridized carbons (Fsp3) is 0.375. The van der Waals surface area contributed by atoms with Gasteiger partial charge in [0.25, 0.3) is 0 Å². The van der Waals surface area contributed by atoms with Crippen LogP contribution in [0.2, 0.25) is 0 Å². The molecule has 1 heteroatoms. The monoisotopic (exact) mass is 228 g/mol. The number of benzene rings is 1. The smallest absolute Gasteiger partial charge is 0.122 e. The topological polar surface area (TPSA) is 9.23 Å². The third-order valence-corrected chi connectivity index (χ3v) is 3.76. The highest BCUT2D eigenvalue weighted by molar-refractivity contribution is 5.55. The molecule has 0 heterocycles. The summed E-state index contributed by atoms with van der Waals surface area (Å²) in [5.74, 6) is 1.83. The molecule has 0 aromatic heterocycles. The summed E-state index contributed by atoms with van der Waals surface area (Å²) in [6, 6.07) is 4.26. The molecule has 2 rings (SSSR count). The van der Waals surface area contributed by atoms with Gasteiger partial charge in [-0.05, 0) is 30.0 Å². The Morgan fingerprint density at radius 3 is 2.41 bits per heavy atom. The normalized spacial score (nSPS) is 22.0. The van der Waals surface area contributed by atoms with Gasteiger partial charge in [0.2, 0.25) is 0 Å². The Hall–Kier alpha value is -1.50. The highest BCUT2D eigenvalue weighted by Gasteiger charge is 2.32. The first kappa shape index (κ1) is 12.0. The zero-order chi connectivity index (χ0) is 12.4. The number of hydrogen-bond donors (Lipinski definition) is 0. The van der Waals surface area contributed by atoms with Gasteiger partial charge in [0.15, 0.2) is 0 Å². The summed E-state index contributed by atoms with van der Waals surface area (Å²) in [4.78, 5) is 0. The summed E-state index contributed by atoms with van der Waals surface area (Å²) in [7, 11) is 1.74. The van der Waals surface area contributed by atoms with Crippen LogP contribution in [0.5, 0.6) is 5.75 Å². The molecule has 1 aromatic rings. The fourth-order valence-corrected chi connectivity index (χ4v) is 2.91. The molecule has 0 aliphatic heterocycles. The number of allylic oxidation sites excluding steroid dienone is 2. The standard InChI is InChI=1S/C16H20O/c1-5-11-8-9-14(17-4)16-13(7-3)10-12(6-2)15(11)16/h6-9,12-13H,2-3,5,10H2,1,4H3. The van der Waals surface area contributed by atoms with Crippen LogP contribution in [-0.4, -0.2) is 7.11 Å². The molecule has 0 saturated heterocycles. The first-order chi connectivity index (χ1) is 8.26. The zero-order valence-electron chi connectivity index (χ0n) is 10.7. The molecular formula is C16H20O. The van der Waals surface area contributed by atoms with Gasteiger partial charge in [0, 0.05) is 17.4 Å². The second kappa shape index (κ2) is 4.79. The average Bonchev–Trinajstić information content (AvgIpc) is 2.76. The van der Waals surface area contributed by atoms with E-state index >= 15 is 0 Å². The Balaban J connectivity index is 2.66. The maximum atomic E-state index is 5.50. The Morgan fingerprint density at radius 2 is 1.88 bits per heavy atom. The van der Waals surface area contributed by atoms with E-state index < -0.39 is 0 Å². The van der Waals surface area contributed by atoms with E-state index in [0.29, 0.717) is 11.8 Å². The maximum Gasteiger partial charge on any atom is 0.122 e. The molecule has 0 amide bonds. The van der Waals surface area contributed by atoms with E-state index in [4.69, 9.17) is 4.74 Å². The van der Waals surface area contributed by atoms with Crippen molar-refractivity contribution in [3.63, 3.8) is 0 Å². The third-order valence-electron chi connectivity index (χ3n) is 3.76. The van der Waals surface area contributed by atoms with Crippen molar-refractivity contribution >= 4 is 0 Å². The van der Waals surface area contributed by atoms with E-state index in [1.807, 2.05) is 6.08 Å². The van der Waals surface area contributed by atoms with Crippen molar-refractivity contribution < 1.29 is 4.74 Å². The molecular weight excluding hydrogens is 208 g/mol. The van der Waals surface area contributed by atoms with Gasteiger partial charge in [0.05, 0.1) is 7.11 Å². The van der Waals surface area contributed by atoms with E-state index in [1.54, 1.807) is 7.11 Å². The largest absolute Gasteiger partial charge is 0.496 e. The molecule has 17 heavy (non-hydrogen) atoms. The minimum Gasteiger partial charge on any atom is -0.496 e. The van der Waals surface area contributed by atoms with Crippen molar-refractivity contribution in [3.05, 3.63) is 54.1 Å². The molecule has 1 aliphatic carbocycles. The Morgan fingerprint density at radius 1 is 1.24 bits per heavy atom. The lowest BCUT2D eigenvalue weighted by atomic mass is 9.93. The van der Waals surface area contributed by atoms with Crippen LogP contribution in [0.15, 0.2) is 37.4 Å². The van der Waals surface area contributed by atoms with Gasteiger partial charge in [-0.25, -0.2) is 0 Å². The molecule has 0 spiro atoms. The van der Waals surface area contributed by atoms with Crippen LogP contribution in [0.4, 0.5) is 0 Å². The molecule has 2 unspecified atom stereocenters.